The van der Waals surface area contributed by atoms with Crippen LogP contribution in [0.3, 0.4) is 0 Å². The Bertz CT molecular complexity index is 1210. The summed E-state index contributed by atoms with van der Waals surface area (Å²) >= 11 is 0. The van der Waals surface area contributed by atoms with E-state index < -0.39 is 27.7 Å². The molecule has 0 aliphatic rings. The average Bonchev–Trinajstić information content (AvgIpc) is 3.37. The summed E-state index contributed by atoms with van der Waals surface area (Å²) < 4.78 is 32.5. The van der Waals surface area contributed by atoms with Crippen LogP contribution in [0.1, 0.15) is 32.9 Å². The number of furan rings is 1. The van der Waals surface area contributed by atoms with Gasteiger partial charge >= 0.3 is 0 Å². The molecular formula is C22H22N4O6S. The van der Waals surface area contributed by atoms with Gasteiger partial charge in [-0.1, -0.05) is 36.4 Å². The highest BCUT2D eigenvalue weighted by atomic mass is 32.2. The molecule has 3 rings (SSSR count). The van der Waals surface area contributed by atoms with Crippen molar-refractivity contribution < 1.29 is 27.2 Å². The van der Waals surface area contributed by atoms with E-state index in [1.807, 2.05) is 6.07 Å². The standard InChI is InChI=1S/C22H22N4O6S/c27-20(11-12-23-22(29)19-10-5-13-32-19)25-26-21(28)17-8-4-9-18(14-17)33(30,31)24-15-16-6-2-1-3-7-16/h1-10,13-14,24H,11-12,15H2,(H,23,29)(H,25,27)(H,26,28). The molecule has 33 heavy (non-hydrogen) atoms. The molecule has 0 atom stereocenters. The molecule has 1 aromatic heterocycles. The van der Waals surface area contributed by atoms with Gasteiger partial charge in [-0.05, 0) is 35.9 Å². The van der Waals surface area contributed by atoms with E-state index >= 15 is 0 Å². The van der Waals surface area contributed by atoms with Crippen molar-refractivity contribution in [1.29, 1.82) is 0 Å². The summed E-state index contributed by atoms with van der Waals surface area (Å²) in [5.74, 6) is -1.58. The normalized spacial score (nSPS) is 10.9. The fraction of sp³-hybridized carbons (Fsp3) is 0.136. The highest BCUT2D eigenvalue weighted by Gasteiger charge is 2.16. The van der Waals surface area contributed by atoms with Gasteiger partial charge in [-0.2, -0.15) is 0 Å². The third-order valence-corrected chi connectivity index (χ3v) is 5.81. The summed E-state index contributed by atoms with van der Waals surface area (Å²) in [4.78, 5) is 35.8. The van der Waals surface area contributed by atoms with Gasteiger partial charge in [0.05, 0.1) is 11.2 Å². The predicted octanol–water partition coefficient (Wildman–Crippen LogP) is 1.34. The van der Waals surface area contributed by atoms with E-state index in [9.17, 15) is 22.8 Å². The first-order valence-corrected chi connectivity index (χ1v) is 11.4. The van der Waals surface area contributed by atoms with Gasteiger partial charge in [0.2, 0.25) is 15.9 Å². The Hall–Kier alpha value is -3.96. The van der Waals surface area contributed by atoms with Crippen molar-refractivity contribution in [2.24, 2.45) is 0 Å². The minimum Gasteiger partial charge on any atom is -0.459 e. The first-order valence-electron chi connectivity index (χ1n) is 9.90. The second-order valence-electron chi connectivity index (χ2n) is 6.82. The van der Waals surface area contributed by atoms with Gasteiger partial charge in [0.15, 0.2) is 5.76 Å². The molecule has 2 aromatic carbocycles. The third-order valence-electron chi connectivity index (χ3n) is 4.41. The van der Waals surface area contributed by atoms with E-state index in [1.165, 1.54) is 36.6 Å². The van der Waals surface area contributed by atoms with Crippen LogP contribution in [0.5, 0.6) is 0 Å². The van der Waals surface area contributed by atoms with Crippen LogP contribution in [0, 0.1) is 0 Å². The SMILES string of the molecule is O=C(CCNC(=O)c1ccco1)NNC(=O)c1cccc(S(=O)(=O)NCc2ccccc2)c1. The van der Waals surface area contributed by atoms with E-state index in [0.29, 0.717) is 0 Å². The predicted molar refractivity (Wildman–Crippen MR) is 118 cm³/mol. The molecule has 0 radical (unpaired) electrons. The van der Waals surface area contributed by atoms with E-state index in [-0.39, 0.29) is 35.7 Å². The first-order chi connectivity index (χ1) is 15.8. The van der Waals surface area contributed by atoms with E-state index in [2.05, 4.69) is 20.9 Å². The number of sulfonamides is 1. The van der Waals surface area contributed by atoms with Crippen LogP contribution >= 0.6 is 0 Å². The zero-order chi connectivity index (χ0) is 23.7. The second kappa shape index (κ2) is 11.1. The van der Waals surface area contributed by atoms with Crippen LogP contribution < -0.4 is 20.9 Å². The highest BCUT2D eigenvalue weighted by Crippen LogP contribution is 2.12. The molecule has 3 amide bonds. The Kier molecular flexibility index (Phi) is 7.95. The van der Waals surface area contributed by atoms with Crippen LogP contribution in [0.25, 0.3) is 0 Å². The molecule has 10 nitrogen and oxygen atoms in total. The molecule has 0 bridgehead atoms. The number of carbonyl (C=O) groups is 3. The van der Waals surface area contributed by atoms with Crippen LogP contribution in [0.4, 0.5) is 0 Å². The maximum absolute atomic E-state index is 12.6. The van der Waals surface area contributed by atoms with Gasteiger partial charge < -0.3 is 9.73 Å². The van der Waals surface area contributed by atoms with Crippen molar-refractivity contribution in [2.45, 2.75) is 17.9 Å². The lowest BCUT2D eigenvalue weighted by molar-refractivity contribution is -0.121. The Morgan fingerprint density at radius 2 is 1.64 bits per heavy atom. The third kappa shape index (κ3) is 7.02. The number of hydrogen-bond acceptors (Lipinski definition) is 6. The summed E-state index contributed by atoms with van der Waals surface area (Å²) in [7, 11) is -3.85. The number of amides is 3. The molecule has 172 valence electrons. The number of carbonyl (C=O) groups excluding carboxylic acids is 3. The lowest BCUT2D eigenvalue weighted by Gasteiger charge is -2.10. The fourth-order valence-electron chi connectivity index (χ4n) is 2.71. The summed E-state index contributed by atoms with van der Waals surface area (Å²) in [5.41, 5.74) is 5.27. The van der Waals surface area contributed by atoms with Gasteiger partial charge in [-0.25, -0.2) is 13.1 Å². The zero-order valence-electron chi connectivity index (χ0n) is 17.4. The lowest BCUT2D eigenvalue weighted by atomic mass is 10.2. The van der Waals surface area contributed by atoms with E-state index in [0.717, 1.165) is 5.56 Å². The van der Waals surface area contributed by atoms with Crippen molar-refractivity contribution in [2.75, 3.05) is 6.54 Å². The maximum Gasteiger partial charge on any atom is 0.286 e. The van der Waals surface area contributed by atoms with Gasteiger partial charge in [0.1, 0.15) is 0 Å². The molecule has 0 fully saturated rings. The van der Waals surface area contributed by atoms with Gasteiger partial charge in [0.25, 0.3) is 11.8 Å². The monoisotopic (exact) mass is 470 g/mol. The molecule has 0 spiro atoms. The van der Waals surface area contributed by atoms with E-state index in [4.69, 9.17) is 4.42 Å². The minimum absolute atomic E-state index is 0.0298. The smallest absolute Gasteiger partial charge is 0.286 e. The van der Waals surface area contributed by atoms with Gasteiger partial charge in [-0.15, -0.1) is 0 Å². The van der Waals surface area contributed by atoms with Crippen molar-refractivity contribution in [3.05, 3.63) is 89.9 Å². The fourth-order valence-corrected chi connectivity index (χ4v) is 3.77. The number of nitrogens with one attached hydrogen (secondary N) is 4. The van der Waals surface area contributed by atoms with Gasteiger partial charge in [-0.3, -0.25) is 25.2 Å². The van der Waals surface area contributed by atoms with Crippen molar-refractivity contribution in [1.82, 2.24) is 20.9 Å². The number of hydrazine groups is 1. The van der Waals surface area contributed by atoms with Crippen molar-refractivity contribution in [3.63, 3.8) is 0 Å². The first kappa shape index (κ1) is 23.7. The summed E-state index contributed by atoms with van der Waals surface area (Å²) in [6.45, 7) is 0.133. The van der Waals surface area contributed by atoms with E-state index in [1.54, 1.807) is 30.3 Å². The lowest BCUT2D eigenvalue weighted by Crippen LogP contribution is -2.42. The Morgan fingerprint density at radius 1 is 0.848 bits per heavy atom. The summed E-state index contributed by atoms with van der Waals surface area (Å²) in [5, 5.41) is 2.50. The Balaban J connectivity index is 1.48. The van der Waals surface area contributed by atoms with Crippen molar-refractivity contribution in [3.8, 4) is 0 Å². The molecule has 3 aromatic rings. The molecule has 0 saturated carbocycles. The van der Waals surface area contributed by atoms with Gasteiger partial charge in [0, 0.05) is 25.1 Å². The topological polar surface area (TPSA) is 147 Å². The Labute approximate surface area is 190 Å². The largest absolute Gasteiger partial charge is 0.459 e. The number of rotatable bonds is 9. The molecular weight excluding hydrogens is 448 g/mol. The molecule has 4 N–H and O–H groups in total. The summed E-state index contributed by atoms with van der Waals surface area (Å²) in [6, 6.07) is 17.5. The molecule has 0 aliphatic carbocycles. The van der Waals surface area contributed by atoms with Crippen LogP contribution in [0.15, 0.2) is 82.3 Å². The van der Waals surface area contributed by atoms with Crippen LogP contribution in [0.2, 0.25) is 0 Å². The summed E-state index contributed by atoms with van der Waals surface area (Å²) in [6.07, 6.45) is 1.27. The van der Waals surface area contributed by atoms with Crippen molar-refractivity contribution >= 4 is 27.7 Å². The highest BCUT2D eigenvalue weighted by molar-refractivity contribution is 7.89. The molecule has 0 unspecified atom stereocenters. The number of benzene rings is 2. The molecule has 1 heterocycles. The molecule has 11 heteroatoms. The zero-order valence-corrected chi connectivity index (χ0v) is 18.2. The molecule has 0 saturated heterocycles. The van der Waals surface area contributed by atoms with Crippen LogP contribution in [-0.2, 0) is 21.4 Å². The second-order valence-corrected chi connectivity index (χ2v) is 8.59. The van der Waals surface area contributed by atoms with Crippen LogP contribution in [-0.4, -0.2) is 32.7 Å². The quantitative estimate of drug-likeness (QED) is 0.347. The Morgan fingerprint density at radius 3 is 2.36 bits per heavy atom. The minimum atomic E-state index is -3.85. The number of hydrogen-bond donors (Lipinski definition) is 4. The average molecular weight is 471 g/mol. The maximum atomic E-state index is 12.6. The molecule has 0 aliphatic heterocycles.